The Morgan fingerprint density at radius 2 is 1.76 bits per heavy atom. The number of hydrogen-bond acceptors (Lipinski definition) is 2. The Balaban J connectivity index is -0.000000236. The van der Waals surface area contributed by atoms with E-state index in [0.29, 0.717) is 0 Å². The second kappa shape index (κ2) is 19.5. The van der Waals surface area contributed by atoms with E-state index < -0.39 is 8.34 Å². The van der Waals surface area contributed by atoms with Crippen LogP contribution >= 0.6 is 33.2 Å². The summed E-state index contributed by atoms with van der Waals surface area (Å²) in [5, 5.41) is 2.66. The third-order valence-corrected chi connectivity index (χ3v) is 2.13. The maximum Gasteiger partial charge on any atom is -0.0809 e. The Morgan fingerprint density at radius 1 is 1.14 bits per heavy atom. The molecule has 0 atom stereocenters. The summed E-state index contributed by atoms with van der Waals surface area (Å²) >= 11 is 1.30. The van der Waals surface area contributed by atoms with Crippen LogP contribution in [-0.2, 0) is 33.4 Å². The van der Waals surface area contributed by atoms with E-state index >= 15 is 0 Å². The number of allylic oxidation sites excluding steroid dienone is 4. The van der Waals surface area contributed by atoms with Crippen LogP contribution in [0.1, 0.15) is 6.42 Å². The summed E-state index contributed by atoms with van der Waals surface area (Å²) in [4.78, 5) is 0. The number of fused-ring (bicyclic) bond motifs is 1. The molecule has 2 nitrogen and oxygen atoms in total. The first-order chi connectivity index (χ1) is 9.38. The molecule has 0 saturated heterocycles. The normalized spacial score (nSPS) is 9.43. The van der Waals surface area contributed by atoms with E-state index in [2.05, 4.69) is 58.8 Å². The molecule has 0 aromatic heterocycles. The van der Waals surface area contributed by atoms with E-state index in [-0.39, 0.29) is 24.8 Å². The van der Waals surface area contributed by atoms with Crippen LogP contribution in [0, 0.1) is 6.08 Å². The van der Waals surface area contributed by atoms with Gasteiger partial charge in [-0.25, -0.2) is 21.3 Å². The number of benzene rings is 1. The van der Waals surface area contributed by atoms with Crippen LogP contribution < -0.4 is 0 Å². The average Bonchev–Trinajstić information content (AvgIpc) is 3.16. The summed E-state index contributed by atoms with van der Waals surface area (Å²) in [6, 6.07) is 14.7. The molecule has 0 fully saturated rings. The van der Waals surface area contributed by atoms with Gasteiger partial charge in [-0.3, -0.25) is 6.08 Å². The van der Waals surface area contributed by atoms with Gasteiger partial charge in [0, 0.05) is 0 Å². The Bertz CT molecular complexity index is 521. The van der Waals surface area contributed by atoms with Crippen molar-refractivity contribution in [2.24, 2.45) is 0 Å². The van der Waals surface area contributed by atoms with Crippen LogP contribution in [-0.4, -0.2) is 4.21 Å². The van der Waals surface area contributed by atoms with Crippen LogP contribution in [0.15, 0.2) is 60.7 Å². The summed E-state index contributed by atoms with van der Waals surface area (Å²) in [7, 11) is -1.42. The van der Waals surface area contributed by atoms with Crippen LogP contribution in [0.3, 0.4) is 0 Å². The maximum absolute atomic E-state index is 8.40. The van der Waals surface area contributed by atoms with Gasteiger partial charge in [-0.1, -0.05) is 6.07 Å². The summed E-state index contributed by atoms with van der Waals surface area (Å²) in [6.45, 7) is 0. The summed E-state index contributed by atoms with van der Waals surface area (Å²) in [5.74, 6) is 0. The summed E-state index contributed by atoms with van der Waals surface area (Å²) in [6.07, 6.45) is 10.0. The van der Waals surface area contributed by atoms with Gasteiger partial charge in [0.05, 0.1) is 0 Å². The molecule has 0 unspecified atom stereocenters. The minimum absolute atomic E-state index is 0. The number of halogens is 2. The van der Waals surface area contributed by atoms with Gasteiger partial charge < -0.3 is 0 Å². The molecule has 0 heterocycles. The molecular weight excluding hydrogens is 405 g/mol. The van der Waals surface area contributed by atoms with E-state index in [1.807, 2.05) is 12.2 Å². The first-order valence-electron chi connectivity index (χ1n) is 5.55. The quantitative estimate of drug-likeness (QED) is 0.441. The van der Waals surface area contributed by atoms with Crippen molar-refractivity contribution in [3.05, 3.63) is 66.8 Å². The first-order valence-corrected chi connectivity index (χ1v) is 8.10. The van der Waals surface area contributed by atoms with Crippen LogP contribution in [0.2, 0.25) is 0 Å². The molecular formula is C15H17Cl2O2PZr. The third-order valence-electron chi connectivity index (χ3n) is 2.13. The SMILES string of the molecule is Cl.Cl.O=[PH]=O.[C-]1=CC=CC1.[CH2]=[Zr+2].c1ccc2[cH-]ccc2c1. The molecule has 21 heavy (non-hydrogen) atoms. The zero-order valence-electron chi connectivity index (χ0n) is 11.3. The van der Waals surface area contributed by atoms with Gasteiger partial charge in [0.1, 0.15) is 0 Å². The average molecular weight is 422 g/mol. The van der Waals surface area contributed by atoms with Crippen LogP contribution in [0.4, 0.5) is 0 Å². The predicted molar refractivity (Wildman–Crippen MR) is 92.4 cm³/mol. The predicted octanol–water partition coefficient (Wildman–Crippen LogP) is 5.03. The molecule has 0 N–H and O–H groups in total. The number of hydrogen-bond donors (Lipinski definition) is 0. The van der Waals surface area contributed by atoms with Crippen molar-refractivity contribution < 1.29 is 33.4 Å². The zero-order chi connectivity index (χ0) is 14.3. The van der Waals surface area contributed by atoms with Gasteiger partial charge in [-0.15, -0.1) is 60.9 Å². The molecule has 0 spiro atoms. The van der Waals surface area contributed by atoms with Gasteiger partial charge >= 0.3 is 36.8 Å². The van der Waals surface area contributed by atoms with Gasteiger partial charge in [-0.05, 0) is 0 Å². The molecule has 2 aromatic rings. The minimum Gasteiger partial charge on any atom is -0.168 e. The second-order valence-corrected chi connectivity index (χ2v) is 3.41. The van der Waals surface area contributed by atoms with E-state index in [1.165, 1.54) is 35.0 Å². The van der Waals surface area contributed by atoms with Crippen LogP contribution in [0.5, 0.6) is 0 Å². The molecule has 0 saturated carbocycles. The zero-order valence-corrected chi connectivity index (χ0v) is 16.4. The molecule has 0 aliphatic heterocycles. The van der Waals surface area contributed by atoms with Crippen molar-refractivity contribution >= 4 is 48.1 Å². The summed E-state index contributed by atoms with van der Waals surface area (Å²) in [5.41, 5.74) is 0. The van der Waals surface area contributed by atoms with Crippen molar-refractivity contribution in [1.82, 2.24) is 0 Å². The fourth-order valence-electron chi connectivity index (χ4n) is 1.41. The second-order valence-electron chi connectivity index (χ2n) is 3.24. The fourth-order valence-corrected chi connectivity index (χ4v) is 1.41. The smallest absolute Gasteiger partial charge is 0.0809 e. The third kappa shape index (κ3) is 13.0. The fraction of sp³-hybridized carbons (Fsp3) is 0.0667. The van der Waals surface area contributed by atoms with E-state index in [1.54, 1.807) is 0 Å². The van der Waals surface area contributed by atoms with Crippen LogP contribution in [0.25, 0.3) is 10.8 Å². The Labute approximate surface area is 154 Å². The molecule has 2 aromatic carbocycles. The van der Waals surface area contributed by atoms with E-state index in [0.717, 1.165) is 6.42 Å². The summed E-state index contributed by atoms with van der Waals surface area (Å²) < 4.78 is 20.1. The van der Waals surface area contributed by atoms with Crippen molar-refractivity contribution in [3.8, 4) is 0 Å². The van der Waals surface area contributed by atoms with Crippen molar-refractivity contribution in [3.63, 3.8) is 0 Å². The molecule has 112 valence electrons. The molecule has 0 amide bonds. The largest absolute Gasteiger partial charge is 0.168 e. The molecule has 3 rings (SSSR count). The Kier molecular flexibility index (Phi) is 23.7. The minimum atomic E-state index is -1.42. The number of rotatable bonds is 0. The maximum atomic E-state index is 8.40. The van der Waals surface area contributed by atoms with Gasteiger partial charge in [0.15, 0.2) is 0 Å². The standard InChI is InChI=1S/C9H7.C5H5.CH2.2ClH.HO2P.Zr/c1-2-5-9-7-3-6-8(9)4-1;1-2-4-5-3-1;;;;1-3-2;/h1-7H;1-3H,4H2;1H2;2*1H;3H;/q2*-1;;;;;+2. The Hall–Kier alpha value is -0.457. The molecule has 0 bridgehead atoms. The molecule has 6 heteroatoms. The Morgan fingerprint density at radius 3 is 2.19 bits per heavy atom. The molecule has 1 aliphatic carbocycles. The van der Waals surface area contributed by atoms with E-state index in [9.17, 15) is 0 Å². The molecule has 0 radical (unpaired) electrons. The van der Waals surface area contributed by atoms with E-state index in [4.69, 9.17) is 9.13 Å². The van der Waals surface area contributed by atoms with Crippen molar-refractivity contribution in [2.45, 2.75) is 6.42 Å². The first kappa shape index (κ1) is 25.5. The van der Waals surface area contributed by atoms with Crippen molar-refractivity contribution in [1.29, 1.82) is 0 Å². The topological polar surface area (TPSA) is 34.1 Å². The van der Waals surface area contributed by atoms with Gasteiger partial charge in [-0.2, -0.15) is 23.6 Å². The van der Waals surface area contributed by atoms with Gasteiger partial charge in [0.2, 0.25) is 0 Å². The monoisotopic (exact) mass is 420 g/mol. The van der Waals surface area contributed by atoms with Gasteiger partial charge in [0.25, 0.3) is 0 Å². The molecule has 1 aliphatic rings. The van der Waals surface area contributed by atoms with Crippen molar-refractivity contribution in [2.75, 3.05) is 0 Å².